The molecule has 0 spiro atoms. The number of aromatic nitrogens is 5. The summed E-state index contributed by atoms with van der Waals surface area (Å²) in [5.41, 5.74) is 2.91. The van der Waals surface area contributed by atoms with Crippen LogP contribution in [0.1, 0.15) is 29.6 Å². The van der Waals surface area contributed by atoms with Gasteiger partial charge in [0.25, 0.3) is 0 Å². The van der Waals surface area contributed by atoms with Crippen LogP contribution in [0.4, 0.5) is 5.13 Å². The monoisotopic (exact) mass is 398 g/mol. The summed E-state index contributed by atoms with van der Waals surface area (Å²) >= 11 is 2.65. The first-order valence-corrected chi connectivity index (χ1v) is 10.4. The van der Waals surface area contributed by atoms with Gasteiger partial charge in [0.15, 0.2) is 5.16 Å². The van der Waals surface area contributed by atoms with Gasteiger partial charge in [0.2, 0.25) is 11.0 Å². The number of hydrogen-bond donors (Lipinski definition) is 1. The van der Waals surface area contributed by atoms with Crippen molar-refractivity contribution in [3.8, 4) is 0 Å². The van der Waals surface area contributed by atoms with Crippen LogP contribution in [0.25, 0.3) is 0 Å². The number of rotatable bonds is 8. The average molecular weight is 399 g/mol. The van der Waals surface area contributed by atoms with Gasteiger partial charge in [-0.2, -0.15) is 0 Å². The minimum absolute atomic E-state index is 0.139. The molecule has 0 bridgehead atoms. The first-order chi connectivity index (χ1) is 13.3. The third kappa shape index (κ3) is 4.09. The van der Waals surface area contributed by atoms with Crippen molar-refractivity contribution in [3.05, 3.63) is 59.9 Å². The molecule has 1 amide bonds. The van der Waals surface area contributed by atoms with Crippen molar-refractivity contribution >= 4 is 34.1 Å². The number of carbonyl (C=O) groups is 1. The molecule has 3 aromatic rings. The van der Waals surface area contributed by atoms with Crippen LogP contribution in [0.5, 0.6) is 0 Å². The second kappa shape index (κ2) is 8.01. The van der Waals surface area contributed by atoms with Crippen molar-refractivity contribution in [2.45, 2.75) is 30.0 Å². The summed E-state index contributed by atoms with van der Waals surface area (Å²) in [5.74, 6) is 1.92. The molecule has 7 nitrogen and oxygen atoms in total. The van der Waals surface area contributed by atoms with Crippen LogP contribution in [-0.4, -0.2) is 36.6 Å². The molecule has 1 N–H and O–H groups in total. The molecule has 27 heavy (non-hydrogen) atoms. The number of amides is 1. The molecule has 1 aliphatic rings. The fourth-order valence-electron chi connectivity index (χ4n) is 3.04. The van der Waals surface area contributed by atoms with Crippen molar-refractivity contribution in [2.24, 2.45) is 0 Å². The van der Waals surface area contributed by atoms with Crippen molar-refractivity contribution < 1.29 is 4.79 Å². The molecule has 1 aromatic carbocycles. The van der Waals surface area contributed by atoms with Gasteiger partial charge in [-0.15, -0.1) is 27.0 Å². The van der Waals surface area contributed by atoms with E-state index in [1.165, 1.54) is 28.7 Å². The number of thioether (sulfide) groups is 1. The highest BCUT2D eigenvalue weighted by Gasteiger charge is 2.43. The Labute approximate surface area is 164 Å². The standard InChI is InChI=1S/C18H18N6OS2/c1-2-8-24-16(14-9-13(14)12-6-4-3-5-7-12)21-23-18(24)26-10-15(25)20-17-22-19-11-27-17/h2-7,11,13-14H,1,8-10H2,(H,20,22,25). The van der Waals surface area contributed by atoms with Gasteiger partial charge in [-0.3, -0.25) is 10.1 Å². The largest absolute Gasteiger partial charge is 0.302 e. The molecule has 2 aromatic heterocycles. The summed E-state index contributed by atoms with van der Waals surface area (Å²) < 4.78 is 2.06. The van der Waals surface area contributed by atoms with E-state index in [1.807, 2.05) is 12.1 Å². The second-order valence-electron chi connectivity index (χ2n) is 6.18. The third-order valence-corrected chi connectivity index (χ3v) is 5.92. The lowest BCUT2D eigenvalue weighted by molar-refractivity contribution is -0.113. The summed E-state index contributed by atoms with van der Waals surface area (Å²) in [5, 5.41) is 20.2. The van der Waals surface area contributed by atoms with E-state index < -0.39 is 0 Å². The molecule has 9 heteroatoms. The number of anilines is 1. The van der Waals surface area contributed by atoms with Crippen LogP contribution >= 0.6 is 23.1 Å². The first kappa shape index (κ1) is 17.9. The van der Waals surface area contributed by atoms with Gasteiger partial charge in [-0.1, -0.05) is 59.5 Å². The van der Waals surface area contributed by atoms with E-state index in [0.29, 0.717) is 23.5 Å². The molecular weight excluding hydrogens is 380 g/mol. The molecule has 1 saturated carbocycles. The van der Waals surface area contributed by atoms with Gasteiger partial charge in [0.1, 0.15) is 11.3 Å². The van der Waals surface area contributed by atoms with Gasteiger partial charge < -0.3 is 4.57 Å². The Morgan fingerprint density at radius 1 is 1.30 bits per heavy atom. The fraction of sp³-hybridized carbons (Fsp3) is 0.278. The Morgan fingerprint density at radius 2 is 2.15 bits per heavy atom. The summed E-state index contributed by atoms with van der Waals surface area (Å²) in [6, 6.07) is 10.5. The smallest absolute Gasteiger partial charge is 0.236 e. The van der Waals surface area contributed by atoms with Crippen molar-refractivity contribution in [2.75, 3.05) is 11.1 Å². The highest BCUT2D eigenvalue weighted by molar-refractivity contribution is 7.99. The summed E-state index contributed by atoms with van der Waals surface area (Å²) in [6.45, 7) is 4.47. The van der Waals surface area contributed by atoms with Crippen molar-refractivity contribution in [1.29, 1.82) is 0 Å². The molecule has 0 radical (unpaired) electrons. The SMILES string of the molecule is C=CCn1c(SCC(=O)Nc2nncs2)nnc1C1CC1c1ccccc1. The number of carbonyl (C=O) groups excluding carboxylic acids is 1. The van der Waals surface area contributed by atoms with Crippen LogP contribution in [0, 0.1) is 0 Å². The lowest BCUT2D eigenvalue weighted by atomic mass is 10.1. The van der Waals surface area contributed by atoms with Crippen LogP contribution in [-0.2, 0) is 11.3 Å². The maximum absolute atomic E-state index is 12.1. The molecular formula is C18H18N6OS2. The van der Waals surface area contributed by atoms with E-state index in [9.17, 15) is 4.79 Å². The number of hydrogen-bond acceptors (Lipinski definition) is 7. The Morgan fingerprint density at radius 3 is 2.89 bits per heavy atom. The number of nitrogens with one attached hydrogen (secondary N) is 1. The number of allylic oxidation sites excluding steroid dienone is 1. The van der Waals surface area contributed by atoms with Crippen LogP contribution in [0.2, 0.25) is 0 Å². The number of benzene rings is 1. The molecule has 138 valence electrons. The molecule has 2 unspecified atom stereocenters. The maximum atomic E-state index is 12.1. The minimum atomic E-state index is -0.139. The Kier molecular flexibility index (Phi) is 5.30. The zero-order valence-corrected chi connectivity index (χ0v) is 16.1. The van der Waals surface area contributed by atoms with E-state index in [-0.39, 0.29) is 11.7 Å². The Balaban J connectivity index is 1.43. The van der Waals surface area contributed by atoms with Gasteiger partial charge in [-0.05, 0) is 17.9 Å². The second-order valence-corrected chi connectivity index (χ2v) is 7.96. The van der Waals surface area contributed by atoms with E-state index in [0.717, 1.165) is 17.4 Å². The van der Waals surface area contributed by atoms with E-state index in [4.69, 9.17) is 0 Å². The molecule has 2 heterocycles. The maximum Gasteiger partial charge on any atom is 0.236 e. The van der Waals surface area contributed by atoms with E-state index in [2.05, 4.69) is 61.1 Å². The summed E-state index contributed by atoms with van der Waals surface area (Å²) in [4.78, 5) is 12.1. The molecule has 4 rings (SSSR count). The van der Waals surface area contributed by atoms with E-state index in [1.54, 1.807) is 5.51 Å². The fourth-order valence-corrected chi connectivity index (χ4v) is 4.26. The quantitative estimate of drug-likeness (QED) is 0.463. The van der Waals surface area contributed by atoms with Crippen molar-refractivity contribution in [1.82, 2.24) is 25.0 Å². The Bertz CT molecular complexity index is 925. The first-order valence-electron chi connectivity index (χ1n) is 8.54. The topological polar surface area (TPSA) is 85.6 Å². The molecule has 0 aliphatic heterocycles. The van der Waals surface area contributed by atoms with Gasteiger partial charge in [0, 0.05) is 12.5 Å². The normalized spacial score (nSPS) is 18.2. The van der Waals surface area contributed by atoms with Crippen molar-refractivity contribution in [3.63, 3.8) is 0 Å². The lowest BCUT2D eigenvalue weighted by Crippen LogP contribution is -2.14. The van der Waals surface area contributed by atoms with Crippen LogP contribution < -0.4 is 5.32 Å². The van der Waals surface area contributed by atoms with E-state index >= 15 is 0 Å². The molecule has 0 saturated heterocycles. The van der Waals surface area contributed by atoms with Gasteiger partial charge in [0.05, 0.1) is 5.75 Å². The third-order valence-electron chi connectivity index (χ3n) is 4.35. The minimum Gasteiger partial charge on any atom is -0.302 e. The van der Waals surface area contributed by atoms with Crippen LogP contribution in [0.15, 0.2) is 53.7 Å². The Hall–Kier alpha value is -2.52. The number of nitrogens with zero attached hydrogens (tertiary/aromatic N) is 5. The zero-order chi connectivity index (χ0) is 18.6. The zero-order valence-electron chi connectivity index (χ0n) is 14.5. The predicted octanol–water partition coefficient (Wildman–Crippen LogP) is 3.32. The average Bonchev–Trinajstić information content (AvgIpc) is 3.11. The molecule has 1 fully saturated rings. The molecule has 1 aliphatic carbocycles. The highest BCUT2D eigenvalue weighted by Crippen LogP contribution is 2.54. The predicted molar refractivity (Wildman–Crippen MR) is 106 cm³/mol. The summed E-state index contributed by atoms with van der Waals surface area (Å²) in [7, 11) is 0. The lowest BCUT2D eigenvalue weighted by Gasteiger charge is -2.07. The van der Waals surface area contributed by atoms with Gasteiger partial charge in [-0.25, -0.2) is 0 Å². The van der Waals surface area contributed by atoms with Gasteiger partial charge >= 0.3 is 0 Å². The highest BCUT2D eigenvalue weighted by atomic mass is 32.2. The molecule has 2 atom stereocenters. The van der Waals surface area contributed by atoms with Crippen LogP contribution in [0.3, 0.4) is 0 Å². The summed E-state index contributed by atoms with van der Waals surface area (Å²) in [6.07, 6.45) is 2.90.